The van der Waals surface area contributed by atoms with Gasteiger partial charge in [-0.1, -0.05) is 17.7 Å². The number of hydrogen-bond acceptors (Lipinski definition) is 2. The Morgan fingerprint density at radius 2 is 1.62 bits per heavy atom. The summed E-state index contributed by atoms with van der Waals surface area (Å²) in [4.78, 5) is 20.7. The summed E-state index contributed by atoms with van der Waals surface area (Å²) in [5.41, 5.74) is 0.573. The third kappa shape index (κ3) is 7.03. The van der Waals surface area contributed by atoms with Crippen LogP contribution in [-0.4, -0.2) is 12.4 Å². The molecule has 2 rings (SSSR count). The van der Waals surface area contributed by atoms with Crippen LogP contribution in [0.1, 0.15) is 0 Å². The molecule has 4 nitrogen and oxygen atoms in total. The average Bonchev–Trinajstić information content (AvgIpc) is 2.42. The molecule has 0 bridgehead atoms. The molecule has 2 aromatic carbocycles. The van der Waals surface area contributed by atoms with E-state index in [1.165, 1.54) is 18.2 Å². The average molecular weight is 313 g/mol. The predicted octanol–water partition coefficient (Wildman–Crippen LogP) is 3.58. The molecule has 0 aliphatic heterocycles. The van der Waals surface area contributed by atoms with E-state index in [2.05, 4.69) is 5.32 Å². The van der Waals surface area contributed by atoms with Crippen LogP contribution in [-0.2, 0) is 4.79 Å². The van der Waals surface area contributed by atoms with Crippen molar-refractivity contribution in [1.82, 2.24) is 5.32 Å². The van der Waals surface area contributed by atoms with Gasteiger partial charge in [0.15, 0.2) is 0 Å². The SMILES string of the molecule is Fc1cccc(F)c1.O=CNC(=O)Nc1ccc(Cl)cc1. The molecule has 0 saturated heterocycles. The van der Waals surface area contributed by atoms with E-state index in [0.717, 1.165) is 6.07 Å². The van der Waals surface area contributed by atoms with Crippen molar-refractivity contribution < 1.29 is 18.4 Å². The Kier molecular flexibility index (Phi) is 6.83. The van der Waals surface area contributed by atoms with E-state index >= 15 is 0 Å². The molecule has 110 valence electrons. The lowest BCUT2D eigenvalue weighted by atomic mass is 10.3. The molecule has 0 atom stereocenters. The molecule has 0 heterocycles. The first-order chi connectivity index (χ1) is 10.0. The molecule has 0 aromatic heterocycles. The summed E-state index contributed by atoms with van der Waals surface area (Å²) in [7, 11) is 0. The minimum Gasteiger partial charge on any atom is -0.308 e. The summed E-state index contributed by atoms with van der Waals surface area (Å²) < 4.78 is 23.9. The topological polar surface area (TPSA) is 58.2 Å². The summed E-state index contributed by atoms with van der Waals surface area (Å²) in [6.45, 7) is 0. The number of benzene rings is 2. The van der Waals surface area contributed by atoms with E-state index in [0.29, 0.717) is 17.1 Å². The van der Waals surface area contributed by atoms with Gasteiger partial charge in [0.25, 0.3) is 0 Å². The zero-order chi connectivity index (χ0) is 15.7. The Labute approximate surface area is 124 Å². The van der Waals surface area contributed by atoms with E-state index in [1.807, 2.05) is 5.32 Å². The van der Waals surface area contributed by atoms with Gasteiger partial charge in [0.05, 0.1) is 0 Å². The number of nitrogens with one attached hydrogen (secondary N) is 2. The molecule has 3 amide bonds. The van der Waals surface area contributed by atoms with Crippen LogP contribution >= 0.6 is 11.6 Å². The standard InChI is InChI=1S/C8H7ClN2O2.C6H4F2/c9-6-1-3-7(4-2-6)11-8(13)10-5-12;7-5-2-1-3-6(8)4-5/h1-5H,(H2,10,11,12,13);1-4H. The van der Waals surface area contributed by atoms with Gasteiger partial charge in [-0.2, -0.15) is 0 Å². The highest BCUT2D eigenvalue weighted by Crippen LogP contribution is 2.12. The Hall–Kier alpha value is -2.47. The summed E-state index contributed by atoms with van der Waals surface area (Å²) >= 11 is 5.62. The smallest absolute Gasteiger partial charge is 0.308 e. The van der Waals surface area contributed by atoms with Crippen LogP contribution in [0.3, 0.4) is 0 Å². The second kappa shape index (κ2) is 8.65. The molecular weight excluding hydrogens is 302 g/mol. The summed E-state index contributed by atoms with van der Waals surface area (Å²) in [6.07, 6.45) is 0.311. The van der Waals surface area contributed by atoms with Crippen molar-refractivity contribution in [2.24, 2.45) is 0 Å². The van der Waals surface area contributed by atoms with Gasteiger partial charge in [-0.15, -0.1) is 0 Å². The number of halogens is 3. The quantitative estimate of drug-likeness (QED) is 0.833. The molecule has 0 spiro atoms. The van der Waals surface area contributed by atoms with Gasteiger partial charge >= 0.3 is 6.03 Å². The molecule has 2 N–H and O–H groups in total. The second-order valence-corrected chi connectivity index (χ2v) is 4.10. The fourth-order valence-electron chi connectivity index (χ4n) is 1.21. The first kappa shape index (κ1) is 16.6. The third-order valence-electron chi connectivity index (χ3n) is 2.08. The van der Waals surface area contributed by atoms with Crippen LogP contribution in [0.4, 0.5) is 19.3 Å². The number of hydrogen-bond donors (Lipinski definition) is 2. The van der Waals surface area contributed by atoms with Crippen molar-refractivity contribution in [3.05, 3.63) is 65.2 Å². The molecule has 0 aliphatic carbocycles. The highest BCUT2D eigenvalue weighted by molar-refractivity contribution is 6.30. The maximum absolute atomic E-state index is 11.9. The van der Waals surface area contributed by atoms with E-state index in [4.69, 9.17) is 11.6 Å². The molecule has 0 saturated carbocycles. The molecule has 21 heavy (non-hydrogen) atoms. The molecule has 0 unspecified atom stereocenters. The normalized spacial score (nSPS) is 9.10. The minimum atomic E-state index is -0.572. The van der Waals surface area contributed by atoms with Gasteiger partial charge in [0.1, 0.15) is 11.6 Å². The summed E-state index contributed by atoms with van der Waals surface area (Å²) in [5.74, 6) is -1.07. The fraction of sp³-hybridized carbons (Fsp3) is 0. The number of urea groups is 1. The number of anilines is 1. The van der Waals surface area contributed by atoms with Crippen molar-refractivity contribution in [3.8, 4) is 0 Å². The highest BCUT2D eigenvalue weighted by atomic mass is 35.5. The fourth-order valence-corrected chi connectivity index (χ4v) is 1.34. The Morgan fingerprint density at radius 1 is 1.05 bits per heavy atom. The first-order valence-electron chi connectivity index (χ1n) is 5.69. The Bertz CT molecular complexity index is 589. The molecule has 7 heteroatoms. The molecule has 0 radical (unpaired) electrons. The van der Waals surface area contributed by atoms with Crippen molar-refractivity contribution in [1.29, 1.82) is 0 Å². The van der Waals surface area contributed by atoms with Gasteiger partial charge < -0.3 is 5.32 Å². The van der Waals surface area contributed by atoms with E-state index in [9.17, 15) is 18.4 Å². The summed E-state index contributed by atoms with van der Waals surface area (Å²) in [6, 6.07) is 10.5. The first-order valence-corrected chi connectivity index (χ1v) is 6.07. The van der Waals surface area contributed by atoms with Crippen LogP contribution in [0.2, 0.25) is 5.02 Å². The molecular formula is C14H11ClF2N2O2. The van der Waals surface area contributed by atoms with Crippen LogP contribution in [0.15, 0.2) is 48.5 Å². The van der Waals surface area contributed by atoms with Gasteiger partial charge in [-0.3, -0.25) is 10.1 Å². The lowest BCUT2D eigenvalue weighted by Gasteiger charge is -2.02. The molecule has 2 aromatic rings. The van der Waals surface area contributed by atoms with Crippen LogP contribution in [0, 0.1) is 11.6 Å². The van der Waals surface area contributed by atoms with E-state index in [1.54, 1.807) is 24.3 Å². The zero-order valence-corrected chi connectivity index (χ0v) is 11.4. The van der Waals surface area contributed by atoms with E-state index in [-0.39, 0.29) is 0 Å². The lowest BCUT2D eigenvalue weighted by Crippen LogP contribution is -2.26. The Morgan fingerprint density at radius 3 is 2.05 bits per heavy atom. The zero-order valence-electron chi connectivity index (χ0n) is 10.6. The number of imide groups is 1. The second-order valence-electron chi connectivity index (χ2n) is 3.66. The number of rotatable bonds is 2. The van der Waals surface area contributed by atoms with Crippen molar-refractivity contribution in [2.45, 2.75) is 0 Å². The van der Waals surface area contributed by atoms with E-state index < -0.39 is 17.7 Å². The number of carbonyl (C=O) groups excluding carboxylic acids is 2. The third-order valence-corrected chi connectivity index (χ3v) is 2.33. The highest BCUT2D eigenvalue weighted by Gasteiger charge is 1.98. The Balaban J connectivity index is 0.000000235. The number of amides is 3. The maximum Gasteiger partial charge on any atom is 0.325 e. The molecule has 0 aliphatic rings. The van der Waals surface area contributed by atoms with Crippen LogP contribution in [0.25, 0.3) is 0 Å². The maximum atomic E-state index is 11.9. The predicted molar refractivity (Wildman–Crippen MR) is 76.0 cm³/mol. The van der Waals surface area contributed by atoms with Crippen LogP contribution < -0.4 is 10.6 Å². The van der Waals surface area contributed by atoms with Crippen molar-refractivity contribution in [3.63, 3.8) is 0 Å². The monoisotopic (exact) mass is 312 g/mol. The van der Waals surface area contributed by atoms with Gasteiger partial charge in [-0.25, -0.2) is 13.6 Å². The van der Waals surface area contributed by atoms with Crippen molar-refractivity contribution >= 4 is 29.7 Å². The van der Waals surface area contributed by atoms with Gasteiger partial charge in [0.2, 0.25) is 6.41 Å². The molecule has 0 fully saturated rings. The summed E-state index contributed by atoms with van der Waals surface area (Å²) in [5, 5.41) is 4.96. The largest absolute Gasteiger partial charge is 0.325 e. The lowest BCUT2D eigenvalue weighted by molar-refractivity contribution is -0.108. The number of carbonyl (C=O) groups is 2. The minimum absolute atomic E-state index is 0.311. The van der Waals surface area contributed by atoms with Gasteiger partial charge in [0, 0.05) is 16.8 Å². The van der Waals surface area contributed by atoms with Crippen LogP contribution in [0.5, 0.6) is 0 Å². The van der Waals surface area contributed by atoms with Gasteiger partial charge in [-0.05, 0) is 36.4 Å². The van der Waals surface area contributed by atoms with Crippen molar-refractivity contribution in [2.75, 3.05) is 5.32 Å².